The molecule has 0 aliphatic heterocycles. The fourth-order valence-electron chi connectivity index (χ4n) is 15.7. The first-order valence-electron chi connectivity index (χ1n) is 46.5. The molecule has 31 nitrogen and oxygen atoms in total. The van der Waals surface area contributed by atoms with Gasteiger partial charge < -0.3 is 97.6 Å². The summed E-state index contributed by atoms with van der Waals surface area (Å²) < 4.78 is 34.6. The number of aliphatic hydroxyl groups excluding tert-OH is 1. The van der Waals surface area contributed by atoms with Gasteiger partial charge in [0.15, 0.2) is 0 Å². The van der Waals surface area contributed by atoms with Crippen LogP contribution in [-0.2, 0) is 42.7 Å². The van der Waals surface area contributed by atoms with Gasteiger partial charge in [0.2, 0.25) is 11.9 Å². The molecule has 0 radical (unpaired) electrons. The summed E-state index contributed by atoms with van der Waals surface area (Å²) in [5, 5.41) is 47.0. The number of hydrogen-bond donors (Lipinski definition) is 12. The number of aliphatic hydroxyl groups is 1. The van der Waals surface area contributed by atoms with Crippen molar-refractivity contribution in [2.45, 2.75) is 334 Å². The van der Waals surface area contributed by atoms with Crippen LogP contribution in [0.4, 0.5) is 40.7 Å². The number of benzene rings is 2. The van der Waals surface area contributed by atoms with E-state index in [0.29, 0.717) is 98.9 Å². The van der Waals surface area contributed by atoms with E-state index in [-0.39, 0.29) is 61.5 Å². The Kier molecular flexibility index (Phi) is 52.8. The third-order valence-corrected chi connectivity index (χ3v) is 22.9. The maximum absolute atomic E-state index is 11.8. The first-order valence-corrected chi connectivity index (χ1v) is 46.5. The Hall–Kier alpha value is -7.95. The second-order valence-electron chi connectivity index (χ2n) is 41.2. The molecular formula is C97H168IN13O18. The number of carboxylic acids is 2. The first-order chi connectivity index (χ1) is 59.4. The zero-order valence-corrected chi connectivity index (χ0v) is 83.3. The van der Waals surface area contributed by atoms with Crippen molar-refractivity contribution in [3.63, 3.8) is 0 Å². The molecule has 6 fully saturated rings. The van der Waals surface area contributed by atoms with Crippen molar-refractivity contribution < 1.29 is 86.8 Å². The van der Waals surface area contributed by atoms with Crippen molar-refractivity contribution in [2.24, 2.45) is 88.2 Å². The predicted molar refractivity (Wildman–Crippen MR) is 520 cm³/mol. The molecule has 736 valence electrons. The summed E-state index contributed by atoms with van der Waals surface area (Å²) in [7, 11) is 0. The number of rotatable bonds is 20. The third-order valence-electron chi connectivity index (χ3n) is 22.9. The largest absolute Gasteiger partial charge is 0.519 e. The van der Waals surface area contributed by atoms with Gasteiger partial charge in [-0.2, -0.15) is 0 Å². The minimum Gasteiger partial charge on any atom is -0.481 e. The zero-order valence-electron chi connectivity index (χ0n) is 81.0. The van der Waals surface area contributed by atoms with Gasteiger partial charge in [-0.05, 0) is 384 Å². The summed E-state index contributed by atoms with van der Waals surface area (Å²) in [6.07, 6.45) is 21.9. The molecule has 2 aromatic carbocycles. The van der Waals surface area contributed by atoms with E-state index in [0.717, 1.165) is 186 Å². The standard InChI is InChI=1S/C22H32N4O2.C17H24N4.C13H26N2O2.C13H23NO4.C13H25NO3.C10H18O5.C8H15NO2.CH4.HI/c1-15-18-7-5-6-8-19(18)26-20(25-15)23-13-16-9-11-17(12-10-16)14-24-21(27)28-22(2,3)4;1-12-15-4-2-3-5-16(15)21-17(20-12)19-11-14-8-6-13(10-18)7-9-14;1-13(2,3)17-12(16)15-9-11-6-4-10(8-14)5-7-11;1-13(2,3)18-12(17)14-8-9-4-6-10(7-5-9)11(15)16;1-13(2,3)17-12(16)14-8-10-4-6-11(9-15)7-5-10;1-9(2,3)14-7(11)13-8(12)15-10(4,5)6;9-5-6-1-3-7(4-2-6)8(10)11;;/h5-8,16-17H,9-14H2,1-4H3,(H,24,27)(H,23,25,26);2-5,13-14H,6-11,18H2,1H3,(H,19,20,21);10-11H,4-9,14H2,1-3H3,(H,15,16);9-10H,4-8H2,1-3H3,(H,14,17)(H,15,16);10-11,15H,4-9H2,1-3H3,(H,14,16);1-6H3;6-7H,1-5,9H2,(H,10,11);1H4;1H. The Labute approximate surface area is 787 Å². The van der Waals surface area contributed by atoms with Crippen LogP contribution >= 0.6 is 24.0 Å². The van der Waals surface area contributed by atoms with Gasteiger partial charge in [0.05, 0.1) is 34.3 Å². The molecule has 10 rings (SSSR count). The Balaban J connectivity index is 0.000000516. The van der Waals surface area contributed by atoms with Crippen molar-refractivity contribution in [3.8, 4) is 0 Å². The molecule has 4 amide bonds. The fraction of sp³-hybridized carbons (Fsp3) is 0.753. The molecular weight excluding hydrogens is 1760 g/mol. The van der Waals surface area contributed by atoms with Crippen LogP contribution in [0.15, 0.2) is 48.5 Å². The van der Waals surface area contributed by atoms with E-state index in [2.05, 4.69) is 68.7 Å². The van der Waals surface area contributed by atoms with Gasteiger partial charge in [0.25, 0.3) is 0 Å². The van der Waals surface area contributed by atoms with E-state index in [1.807, 2.05) is 133 Å². The normalized spacial score (nSPS) is 22.2. The van der Waals surface area contributed by atoms with E-state index in [9.17, 15) is 38.4 Å². The molecule has 0 unspecified atom stereocenters. The minimum atomic E-state index is -1.06. The van der Waals surface area contributed by atoms with E-state index in [4.69, 9.17) is 60.9 Å². The summed E-state index contributed by atoms with van der Waals surface area (Å²) in [6.45, 7) is 43.6. The van der Waals surface area contributed by atoms with Crippen molar-refractivity contribution in [1.29, 1.82) is 0 Å². The number of hydrogen-bond acceptors (Lipinski definition) is 25. The molecule has 4 aromatic rings. The maximum Gasteiger partial charge on any atom is 0.519 e. The highest BCUT2D eigenvalue weighted by Gasteiger charge is 2.32. The molecule has 2 aromatic heterocycles. The van der Waals surface area contributed by atoms with Gasteiger partial charge in [-0.1, -0.05) is 43.8 Å². The summed E-state index contributed by atoms with van der Waals surface area (Å²) in [5.41, 5.74) is 17.7. The monoisotopic (exact) mass is 1930 g/mol. The Morgan fingerprint density at radius 1 is 0.333 bits per heavy atom. The van der Waals surface area contributed by atoms with Crippen LogP contribution < -0.4 is 49.1 Å². The number of carbonyl (C=O) groups excluding carboxylic acids is 6. The number of anilines is 2. The molecule has 6 saturated carbocycles. The molecule has 0 bridgehead atoms. The number of nitrogens with one attached hydrogen (secondary N) is 6. The van der Waals surface area contributed by atoms with Gasteiger partial charge in [0, 0.05) is 56.6 Å². The molecule has 2 heterocycles. The van der Waals surface area contributed by atoms with Crippen LogP contribution in [0.2, 0.25) is 0 Å². The summed E-state index contributed by atoms with van der Waals surface area (Å²) in [5.74, 6) is 5.65. The number of carbonyl (C=O) groups is 8. The van der Waals surface area contributed by atoms with Gasteiger partial charge in [-0.25, -0.2) is 48.7 Å². The number of para-hydroxylation sites is 2. The van der Waals surface area contributed by atoms with Crippen LogP contribution in [0, 0.1) is 84.9 Å². The lowest BCUT2D eigenvalue weighted by atomic mass is 9.82. The third kappa shape index (κ3) is 52.8. The summed E-state index contributed by atoms with van der Waals surface area (Å²) in [4.78, 5) is 108. The number of ether oxygens (including phenoxy) is 7. The van der Waals surface area contributed by atoms with Crippen molar-refractivity contribution in [3.05, 3.63) is 59.9 Å². The van der Waals surface area contributed by atoms with E-state index in [1.54, 1.807) is 41.5 Å². The molecule has 15 N–H and O–H groups in total. The highest BCUT2D eigenvalue weighted by atomic mass is 127. The number of aryl methyl sites for hydroxylation is 2. The van der Waals surface area contributed by atoms with Gasteiger partial charge in [-0.3, -0.25) is 9.59 Å². The highest BCUT2D eigenvalue weighted by Crippen LogP contribution is 2.34. The molecule has 6 aliphatic rings. The first kappa shape index (κ1) is 117. The predicted octanol–water partition coefficient (Wildman–Crippen LogP) is 19.7. The number of alkyl carbamates (subject to hydrolysis) is 4. The maximum atomic E-state index is 11.8. The number of fused-ring (bicyclic) bond motifs is 2. The fourth-order valence-corrected chi connectivity index (χ4v) is 15.7. The number of aliphatic carboxylic acids is 2. The number of halogens is 1. The number of aromatic nitrogens is 4. The quantitative estimate of drug-likeness (QED) is 0.0169. The van der Waals surface area contributed by atoms with Crippen LogP contribution in [0.25, 0.3) is 21.8 Å². The molecule has 32 heteroatoms. The summed E-state index contributed by atoms with van der Waals surface area (Å²) >= 11 is 0. The average Bonchev–Trinajstić information content (AvgIpc) is 0.820. The SMILES string of the molecule is C.CC(C)(C)OC(=O)NCC1CCC(C(=O)O)CC1.CC(C)(C)OC(=O)NCC1CCC(CN)CC1.CC(C)(C)OC(=O)NCC1CCC(CO)CC1.CC(C)(C)OC(=O)OC(=O)OC(C)(C)C.Cc1nc(NCC2CCC(CN)CC2)nc2ccccc12.Cc1nc(NCC2CCC(CNC(=O)OC(C)(C)C)CC2)nc2ccccc12.I.NCC1CCC(C(=O)O)CC1. The number of amides is 4. The average molecular weight is 1930 g/mol. The zero-order chi connectivity index (χ0) is 94.9. The van der Waals surface area contributed by atoms with E-state index < -0.39 is 63.9 Å². The Morgan fingerprint density at radius 3 is 0.783 bits per heavy atom. The van der Waals surface area contributed by atoms with Crippen molar-refractivity contribution >= 4 is 106 Å². The lowest BCUT2D eigenvalue weighted by Crippen LogP contribution is -2.36. The van der Waals surface area contributed by atoms with Crippen molar-refractivity contribution in [1.82, 2.24) is 41.2 Å². The molecule has 6 aliphatic carbocycles. The number of nitrogens with zero attached hydrogens (tertiary/aromatic N) is 4. The molecule has 129 heavy (non-hydrogen) atoms. The number of carboxylic acid groups (broad SMARTS) is 2. The molecule has 0 saturated heterocycles. The topological polar surface area (TPSA) is 464 Å². The van der Waals surface area contributed by atoms with Crippen LogP contribution in [0.1, 0.15) is 298 Å². The Bertz CT molecular complexity index is 3840. The van der Waals surface area contributed by atoms with Crippen LogP contribution in [0.5, 0.6) is 0 Å². The van der Waals surface area contributed by atoms with Gasteiger partial charge in [-0.15, -0.1) is 24.0 Å². The van der Waals surface area contributed by atoms with E-state index in [1.165, 1.54) is 38.5 Å². The smallest absolute Gasteiger partial charge is 0.481 e. The van der Waals surface area contributed by atoms with Gasteiger partial charge >= 0.3 is 48.6 Å². The van der Waals surface area contributed by atoms with Crippen LogP contribution in [-0.4, -0.2) is 183 Å². The number of nitrogens with two attached hydrogens (primary N) is 3. The van der Waals surface area contributed by atoms with Gasteiger partial charge in [0.1, 0.15) is 33.6 Å². The van der Waals surface area contributed by atoms with Crippen LogP contribution in [0.3, 0.4) is 0 Å². The molecule has 0 spiro atoms. The lowest BCUT2D eigenvalue weighted by molar-refractivity contribution is -0.144. The highest BCUT2D eigenvalue weighted by molar-refractivity contribution is 14.0. The van der Waals surface area contributed by atoms with E-state index >= 15 is 0 Å². The molecule has 0 atom stereocenters. The summed E-state index contributed by atoms with van der Waals surface area (Å²) in [6, 6.07) is 16.3. The minimum absolute atomic E-state index is 0. The second-order valence-corrected chi connectivity index (χ2v) is 41.2. The van der Waals surface area contributed by atoms with Crippen molar-refractivity contribution in [2.75, 3.05) is 76.1 Å². The second kappa shape index (κ2) is 58.2. The Morgan fingerprint density at radius 2 is 0.550 bits per heavy atom. The lowest BCUT2D eigenvalue weighted by Gasteiger charge is -2.29.